The smallest absolute Gasteiger partial charge is 0.200 e. The third-order valence-electron chi connectivity index (χ3n) is 2.37. The van der Waals surface area contributed by atoms with E-state index < -0.39 is 41.9 Å². The molecule has 0 aliphatic heterocycles. The summed E-state index contributed by atoms with van der Waals surface area (Å²) >= 11 is 0.186. The van der Waals surface area contributed by atoms with Crippen molar-refractivity contribution >= 4 is 22.0 Å². The van der Waals surface area contributed by atoms with Crippen LogP contribution in [0.2, 0.25) is 0 Å². The van der Waals surface area contributed by atoms with Crippen LogP contribution in [0, 0.1) is 0 Å². The molecule has 0 saturated carbocycles. The SMILES string of the molecule is FC(F)(F)C(F)(F)[Si](Br)(C(F)(F)C(F)(F)F)C(F)(F)C(F)(F)F. The van der Waals surface area contributed by atoms with Gasteiger partial charge < -0.3 is 0 Å². The highest BCUT2D eigenvalue weighted by Crippen LogP contribution is 2.63. The first-order valence-electron chi connectivity index (χ1n) is 4.52. The van der Waals surface area contributed by atoms with E-state index in [0.717, 1.165) is 0 Å². The highest BCUT2D eigenvalue weighted by Gasteiger charge is 2.97. The molecule has 0 nitrogen and oxygen atoms in total. The average Bonchev–Trinajstić information content (AvgIpc) is 2.22. The van der Waals surface area contributed by atoms with Crippen molar-refractivity contribution in [2.45, 2.75) is 35.2 Å². The maximum absolute atomic E-state index is 13.0. The van der Waals surface area contributed by atoms with Crippen LogP contribution in [0.5, 0.6) is 0 Å². The van der Waals surface area contributed by atoms with Crippen molar-refractivity contribution in [3.05, 3.63) is 0 Å². The Kier molecular flexibility index (Phi) is 5.24. The first kappa shape index (κ1) is 22.6. The molecule has 0 aromatic rings. The van der Waals surface area contributed by atoms with E-state index in [1.165, 1.54) is 0 Å². The van der Waals surface area contributed by atoms with Gasteiger partial charge in [0.1, 0.15) is 0 Å². The van der Waals surface area contributed by atoms with Crippen molar-refractivity contribution < 1.29 is 65.9 Å². The second kappa shape index (κ2) is 5.32. The van der Waals surface area contributed by atoms with Crippen LogP contribution in [0.4, 0.5) is 65.9 Å². The van der Waals surface area contributed by atoms with E-state index in [-0.39, 0.29) is 15.3 Å². The molecule has 0 spiro atoms. The first-order chi connectivity index (χ1) is 9.50. The van der Waals surface area contributed by atoms with Crippen LogP contribution >= 0.6 is 15.3 Å². The minimum atomic E-state index is -9.40. The molecule has 0 atom stereocenters. The summed E-state index contributed by atoms with van der Waals surface area (Å²) in [6.45, 7) is -9.40. The zero-order valence-electron chi connectivity index (χ0n) is 9.55. The fourth-order valence-corrected chi connectivity index (χ4v) is 5.56. The minimum absolute atomic E-state index is 0.186. The summed E-state index contributed by atoms with van der Waals surface area (Å²) in [7, 11) is 0. The van der Waals surface area contributed by atoms with Crippen molar-refractivity contribution in [1.82, 2.24) is 0 Å². The second-order valence-electron chi connectivity index (χ2n) is 3.87. The van der Waals surface area contributed by atoms with Gasteiger partial charge >= 0.3 is 41.9 Å². The Bertz CT molecular complexity index is 376. The lowest BCUT2D eigenvalue weighted by atomic mass is 10.6. The van der Waals surface area contributed by atoms with Gasteiger partial charge in [0.05, 0.1) is 0 Å². The summed E-state index contributed by atoms with van der Waals surface area (Å²) in [5.74, 6) is 0. The summed E-state index contributed by atoms with van der Waals surface area (Å²) in [6, 6.07) is 0. The predicted molar refractivity (Wildman–Crippen MR) is 47.7 cm³/mol. The van der Waals surface area contributed by atoms with Gasteiger partial charge in [0, 0.05) is 0 Å². The Hall–Kier alpha value is -0.353. The van der Waals surface area contributed by atoms with Crippen LogP contribution in [-0.2, 0) is 0 Å². The second-order valence-corrected chi connectivity index (χ2v) is 10.6. The zero-order chi connectivity index (χ0) is 19.5. The van der Waals surface area contributed by atoms with Gasteiger partial charge in [-0.3, -0.25) is 0 Å². The number of hydrogen-bond donors (Lipinski definition) is 0. The summed E-state index contributed by atoms with van der Waals surface area (Å²) in [4.78, 5) is 0. The molecule has 0 radical (unpaired) electrons. The molecule has 0 saturated heterocycles. The average molecular weight is 465 g/mol. The van der Waals surface area contributed by atoms with Gasteiger partial charge in [0.2, 0.25) is 0 Å². The molecular formula is C6BrF15Si. The van der Waals surface area contributed by atoms with Gasteiger partial charge in [-0.1, -0.05) is 0 Å². The largest absolute Gasteiger partial charge is 0.450 e. The molecule has 0 aromatic heterocycles. The number of hydrogen-bond acceptors (Lipinski definition) is 0. The van der Waals surface area contributed by atoms with Crippen LogP contribution < -0.4 is 0 Å². The highest BCUT2D eigenvalue weighted by atomic mass is 79.9. The van der Waals surface area contributed by atoms with Crippen LogP contribution in [0.25, 0.3) is 0 Å². The van der Waals surface area contributed by atoms with E-state index in [4.69, 9.17) is 0 Å². The lowest BCUT2D eigenvalue weighted by Crippen LogP contribution is -2.81. The molecule has 0 N–H and O–H groups in total. The Morgan fingerprint density at radius 2 is 0.522 bits per heavy atom. The van der Waals surface area contributed by atoms with Crippen molar-refractivity contribution in [3.8, 4) is 0 Å². The molecule has 0 fully saturated rings. The van der Waals surface area contributed by atoms with Gasteiger partial charge in [-0.25, -0.2) is 0 Å². The summed E-state index contributed by atoms with van der Waals surface area (Å²) in [5, 5.41) is 0. The molecule has 0 unspecified atom stereocenters. The molecule has 140 valence electrons. The van der Waals surface area contributed by atoms with E-state index in [1.54, 1.807) is 0 Å². The normalized spacial score (nSPS) is 16.7. The molecule has 0 heterocycles. The lowest BCUT2D eigenvalue weighted by molar-refractivity contribution is -0.299. The molecule has 0 aliphatic carbocycles. The molecule has 0 amide bonds. The van der Waals surface area contributed by atoms with Crippen LogP contribution in [0.1, 0.15) is 0 Å². The summed E-state index contributed by atoms with van der Waals surface area (Å²) in [5.41, 5.74) is -23.1. The number of alkyl halides is 15. The minimum Gasteiger partial charge on any atom is -0.200 e. The third-order valence-corrected chi connectivity index (χ3v) is 10.3. The standard InChI is InChI=1S/C6BrF15Si/c7-23(4(17,18)1(8,9)10,5(19,20)2(11,12)13)6(21,22)3(14,15)16. The quantitative estimate of drug-likeness (QED) is 0.292. The van der Waals surface area contributed by atoms with Gasteiger partial charge in [-0.15, -0.1) is 15.3 Å². The van der Waals surface area contributed by atoms with Crippen molar-refractivity contribution in [3.63, 3.8) is 0 Å². The summed E-state index contributed by atoms with van der Waals surface area (Å²) < 4.78 is 186. The molecule has 23 heavy (non-hydrogen) atoms. The van der Waals surface area contributed by atoms with Crippen LogP contribution in [0.15, 0.2) is 0 Å². The van der Waals surface area contributed by atoms with Crippen LogP contribution in [0.3, 0.4) is 0 Å². The zero-order valence-corrected chi connectivity index (χ0v) is 12.1. The van der Waals surface area contributed by atoms with E-state index in [2.05, 4.69) is 0 Å². The molecular weight excluding hydrogens is 465 g/mol. The van der Waals surface area contributed by atoms with Gasteiger partial charge in [-0.2, -0.15) is 65.9 Å². The molecule has 0 rings (SSSR count). The molecule has 0 aliphatic rings. The fraction of sp³-hybridized carbons (Fsp3) is 1.00. The van der Waals surface area contributed by atoms with E-state index in [9.17, 15) is 65.9 Å². The Morgan fingerprint density at radius 1 is 0.391 bits per heavy atom. The number of halogens is 16. The van der Waals surface area contributed by atoms with Crippen molar-refractivity contribution in [2.75, 3.05) is 0 Å². The number of rotatable bonds is 3. The Morgan fingerprint density at radius 3 is 0.609 bits per heavy atom. The predicted octanol–water partition coefficient (Wildman–Crippen LogP) is 5.54. The molecule has 0 bridgehead atoms. The first-order valence-corrected chi connectivity index (χ1v) is 8.78. The van der Waals surface area contributed by atoms with Gasteiger partial charge in [0.25, 0.3) is 0 Å². The van der Waals surface area contributed by atoms with Gasteiger partial charge in [-0.05, 0) is 0 Å². The molecule has 17 heteroatoms. The fourth-order valence-electron chi connectivity index (χ4n) is 1.18. The van der Waals surface area contributed by atoms with Crippen LogP contribution in [-0.4, -0.2) is 41.9 Å². The third kappa shape index (κ3) is 2.90. The van der Waals surface area contributed by atoms with E-state index in [0.29, 0.717) is 0 Å². The van der Waals surface area contributed by atoms with Crippen molar-refractivity contribution in [1.29, 1.82) is 0 Å². The highest BCUT2D eigenvalue weighted by molar-refractivity contribution is 9.26. The monoisotopic (exact) mass is 464 g/mol. The Balaban J connectivity index is 6.97. The Labute approximate surface area is 124 Å². The lowest BCUT2D eigenvalue weighted by Gasteiger charge is -2.43. The van der Waals surface area contributed by atoms with Gasteiger partial charge in [0.15, 0.2) is 0 Å². The van der Waals surface area contributed by atoms with Crippen molar-refractivity contribution in [2.24, 2.45) is 0 Å². The maximum atomic E-state index is 13.0. The van der Waals surface area contributed by atoms with E-state index >= 15 is 0 Å². The summed E-state index contributed by atoms with van der Waals surface area (Å²) in [6.07, 6.45) is -22.6. The maximum Gasteiger partial charge on any atom is 0.450 e. The van der Waals surface area contributed by atoms with E-state index in [1.807, 2.05) is 0 Å². The topological polar surface area (TPSA) is 0 Å². The molecule has 0 aromatic carbocycles.